The summed E-state index contributed by atoms with van der Waals surface area (Å²) in [6.45, 7) is 5.48. The topological polar surface area (TPSA) is 97.6 Å². The van der Waals surface area contributed by atoms with Crippen molar-refractivity contribution in [2.45, 2.75) is 26.9 Å². The second-order valence-corrected chi connectivity index (χ2v) is 6.05. The van der Waals surface area contributed by atoms with Crippen LogP contribution in [0.1, 0.15) is 39.6 Å². The van der Waals surface area contributed by atoms with E-state index in [-0.39, 0.29) is 11.7 Å². The molecule has 0 aliphatic heterocycles. The molecule has 24 heavy (non-hydrogen) atoms. The van der Waals surface area contributed by atoms with E-state index in [1.54, 1.807) is 32.0 Å². The Bertz CT molecular complexity index is 736. The van der Waals surface area contributed by atoms with Gasteiger partial charge >= 0.3 is 5.97 Å². The van der Waals surface area contributed by atoms with Gasteiger partial charge in [-0.3, -0.25) is 9.59 Å². The number of likely N-dealkylation sites (N-methyl/N-ethyl adjacent to an activating group) is 1. The van der Waals surface area contributed by atoms with E-state index in [0.717, 1.165) is 11.3 Å². The van der Waals surface area contributed by atoms with Gasteiger partial charge in [-0.2, -0.15) is 0 Å². The minimum Gasteiger partial charge on any atom is -0.459 e. The molecule has 2 aromatic heterocycles. The van der Waals surface area contributed by atoms with Crippen LogP contribution in [0.15, 0.2) is 28.9 Å². The van der Waals surface area contributed by atoms with E-state index in [0.29, 0.717) is 22.0 Å². The first kappa shape index (κ1) is 17.7. The van der Waals surface area contributed by atoms with Gasteiger partial charge in [0.15, 0.2) is 11.9 Å². The van der Waals surface area contributed by atoms with Gasteiger partial charge in [0.2, 0.25) is 0 Å². The normalized spacial score (nSPS) is 11.6. The Morgan fingerprint density at radius 2 is 2.12 bits per heavy atom. The second-order valence-electron chi connectivity index (χ2n) is 5.00. The van der Waals surface area contributed by atoms with Crippen LogP contribution in [0, 0.1) is 6.92 Å². The molecule has 2 N–H and O–H groups in total. The molecule has 0 radical (unpaired) electrons. The third-order valence-electron chi connectivity index (χ3n) is 3.09. The van der Waals surface area contributed by atoms with Gasteiger partial charge in [-0.05, 0) is 44.5 Å². The van der Waals surface area contributed by atoms with Crippen LogP contribution in [-0.4, -0.2) is 30.4 Å². The fourth-order valence-corrected chi connectivity index (χ4v) is 2.86. The first-order valence-electron chi connectivity index (χ1n) is 7.36. The molecule has 7 nitrogen and oxygen atoms in total. The van der Waals surface area contributed by atoms with Crippen molar-refractivity contribution >= 4 is 34.1 Å². The average molecular weight is 350 g/mol. The van der Waals surface area contributed by atoms with Gasteiger partial charge in [0, 0.05) is 6.54 Å². The third-order valence-corrected chi connectivity index (χ3v) is 4.22. The zero-order valence-corrected chi connectivity index (χ0v) is 14.4. The lowest BCUT2D eigenvalue weighted by Gasteiger charge is -2.12. The average Bonchev–Trinajstić information content (AvgIpc) is 3.17. The molecule has 0 fully saturated rings. The molecular weight excluding hydrogens is 332 g/mol. The van der Waals surface area contributed by atoms with Crippen molar-refractivity contribution in [3.8, 4) is 0 Å². The first-order valence-corrected chi connectivity index (χ1v) is 8.18. The van der Waals surface area contributed by atoms with Gasteiger partial charge < -0.3 is 19.8 Å². The molecule has 8 heteroatoms. The fraction of sp³-hybridized carbons (Fsp3) is 0.312. The highest BCUT2D eigenvalue weighted by molar-refractivity contribution is 7.18. The Hall–Kier alpha value is -2.61. The number of furan rings is 1. The molecule has 0 aliphatic carbocycles. The van der Waals surface area contributed by atoms with Gasteiger partial charge in [-0.1, -0.05) is 0 Å². The van der Waals surface area contributed by atoms with Crippen LogP contribution in [0.4, 0.5) is 5.00 Å². The predicted molar refractivity (Wildman–Crippen MR) is 89.3 cm³/mol. The number of hydrogen-bond acceptors (Lipinski definition) is 6. The lowest BCUT2D eigenvalue weighted by atomic mass is 10.3. The van der Waals surface area contributed by atoms with Crippen molar-refractivity contribution in [2.75, 3.05) is 11.9 Å². The van der Waals surface area contributed by atoms with E-state index < -0.39 is 18.0 Å². The number of nitrogens with one attached hydrogen (secondary N) is 2. The highest BCUT2D eigenvalue weighted by Crippen LogP contribution is 2.28. The summed E-state index contributed by atoms with van der Waals surface area (Å²) >= 11 is 1.08. The number of anilines is 1. The number of amides is 2. The number of rotatable bonds is 6. The maximum absolute atomic E-state index is 12.2. The number of carbonyl (C=O) groups excluding carboxylic acids is 3. The molecule has 2 rings (SSSR count). The van der Waals surface area contributed by atoms with Gasteiger partial charge in [-0.15, -0.1) is 11.3 Å². The lowest BCUT2D eigenvalue weighted by Crippen LogP contribution is -2.35. The second kappa shape index (κ2) is 7.78. The van der Waals surface area contributed by atoms with Crippen LogP contribution >= 0.6 is 11.3 Å². The summed E-state index contributed by atoms with van der Waals surface area (Å²) < 4.78 is 10.2. The minimum absolute atomic E-state index is 0.176. The van der Waals surface area contributed by atoms with E-state index in [2.05, 4.69) is 10.6 Å². The molecule has 2 amide bonds. The molecule has 0 bridgehead atoms. The summed E-state index contributed by atoms with van der Waals surface area (Å²) in [6.07, 6.45) is 0.514. The molecule has 2 heterocycles. The maximum atomic E-state index is 12.2. The number of ether oxygens (including phenoxy) is 1. The molecule has 0 spiro atoms. The Morgan fingerprint density at radius 3 is 2.75 bits per heavy atom. The van der Waals surface area contributed by atoms with Crippen molar-refractivity contribution < 1.29 is 23.5 Å². The number of carbonyl (C=O) groups is 3. The smallest absolute Gasteiger partial charge is 0.349 e. The van der Waals surface area contributed by atoms with E-state index in [4.69, 9.17) is 9.15 Å². The van der Waals surface area contributed by atoms with Gasteiger partial charge in [-0.25, -0.2) is 4.79 Å². The van der Waals surface area contributed by atoms with Gasteiger partial charge in [0.05, 0.1) is 11.3 Å². The van der Waals surface area contributed by atoms with Crippen molar-refractivity contribution in [3.63, 3.8) is 0 Å². The molecule has 1 atom stereocenters. The first-order chi connectivity index (χ1) is 11.4. The van der Waals surface area contributed by atoms with E-state index in [1.807, 2.05) is 0 Å². The van der Waals surface area contributed by atoms with Crippen LogP contribution in [-0.2, 0) is 9.53 Å². The third kappa shape index (κ3) is 4.23. The molecule has 0 aliphatic rings. The molecule has 0 aromatic carbocycles. The minimum atomic E-state index is -0.889. The van der Waals surface area contributed by atoms with Gasteiger partial charge in [0.25, 0.3) is 11.8 Å². The Balaban J connectivity index is 2.04. The monoisotopic (exact) mass is 350 g/mol. The molecule has 128 valence electrons. The number of aryl methyl sites for hydroxylation is 1. The predicted octanol–water partition coefficient (Wildman–Crippen LogP) is 2.58. The summed E-state index contributed by atoms with van der Waals surface area (Å²) in [5, 5.41) is 5.73. The van der Waals surface area contributed by atoms with Crippen molar-refractivity contribution in [1.29, 1.82) is 0 Å². The maximum Gasteiger partial charge on any atom is 0.349 e. The van der Waals surface area contributed by atoms with E-state index in [9.17, 15) is 14.4 Å². The Labute approximate surface area is 143 Å². The SMILES string of the molecule is CCNC(=O)[C@@H](C)OC(=O)c1sc(NC(=O)c2ccco2)cc1C. The zero-order chi connectivity index (χ0) is 17.7. The summed E-state index contributed by atoms with van der Waals surface area (Å²) in [4.78, 5) is 36.1. The van der Waals surface area contributed by atoms with Gasteiger partial charge in [0.1, 0.15) is 4.88 Å². The number of hydrogen-bond donors (Lipinski definition) is 2. The highest BCUT2D eigenvalue weighted by Gasteiger charge is 2.22. The molecule has 0 saturated carbocycles. The largest absolute Gasteiger partial charge is 0.459 e. The van der Waals surface area contributed by atoms with E-state index in [1.165, 1.54) is 13.2 Å². The van der Waals surface area contributed by atoms with Crippen molar-refractivity contribution in [3.05, 3.63) is 40.7 Å². The molecule has 0 saturated heterocycles. The summed E-state index contributed by atoms with van der Waals surface area (Å²) in [5.74, 6) is -1.19. The van der Waals surface area contributed by atoms with Crippen LogP contribution in [0.3, 0.4) is 0 Å². The molecular formula is C16H18N2O5S. The quantitative estimate of drug-likeness (QED) is 0.781. The van der Waals surface area contributed by atoms with Crippen LogP contribution in [0.5, 0.6) is 0 Å². The Kier molecular flexibility index (Phi) is 5.75. The lowest BCUT2D eigenvalue weighted by molar-refractivity contribution is -0.128. The van der Waals surface area contributed by atoms with Crippen LogP contribution in [0.25, 0.3) is 0 Å². The summed E-state index contributed by atoms with van der Waals surface area (Å²) in [5.41, 5.74) is 0.655. The highest BCUT2D eigenvalue weighted by atomic mass is 32.1. The number of thiophene rings is 1. The van der Waals surface area contributed by atoms with Crippen LogP contribution < -0.4 is 10.6 Å². The Morgan fingerprint density at radius 1 is 1.38 bits per heavy atom. The zero-order valence-electron chi connectivity index (χ0n) is 13.5. The fourth-order valence-electron chi connectivity index (χ4n) is 1.91. The molecule has 0 unspecified atom stereocenters. The summed E-state index contributed by atoms with van der Waals surface area (Å²) in [6, 6.07) is 4.82. The van der Waals surface area contributed by atoms with Crippen molar-refractivity contribution in [2.24, 2.45) is 0 Å². The van der Waals surface area contributed by atoms with E-state index >= 15 is 0 Å². The van der Waals surface area contributed by atoms with Crippen LogP contribution in [0.2, 0.25) is 0 Å². The summed E-state index contributed by atoms with van der Waals surface area (Å²) in [7, 11) is 0. The molecule has 2 aromatic rings. The number of esters is 1. The standard InChI is InChI=1S/C16H18N2O5S/c1-4-17-14(19)10(3)23-16(21)13-9(2)8-12(24-13)18-15(20)11-6-5-7-22-11/h5-8,10H,4H2,1-3H3,(H,17,19)(H,18,20)/t10-/m1/s1. The van der Waals surface area contributed by atoms with Crippen molar-refractivity contribution in [1.82, 2.24) is 5.32 Å².